The van der Waals surface area contributed by atoms with Crippen LogP contribution in [0.4, 0.5) is 0 Å². The van der Waals surface area contributed by atoms with Crippen LogP contribution in [0.2, 0.25) is 0 Å². The predicted molar refractivity (Wildman–Crippen MR) is 115 cm³/mol. The second kappa shape index (κ2) is 7.90. The number of benzene rings is 2. The summed E-state index contributed by atoms with van der Waals surface area (Å²) in [7, 11) is 0. The molecule has 4 nitrogen and oxygen atoms in total. The summed E-state index contributed by atoms with van der Waals surface area (Å²) in [5, 5.41) is 0. The van der Waals surface area contributed by atoms with Crippen molar-refractivity contribution in [3.8, 4) is 0 Å². The zero-order valence-electron chi connectivity index (χ0n) is 18.0. The SMILES string of the molecule is CC(C)C12CCCC(C)(C1)C(OC(=O)c1ccccc1)C2OC(=O)c1ccccc1. The van der Waals surface area contributed by atoms with Crippen molar-refractivity contribution >= 4 is 11.9 Å². The largest absolute Gasteiger partial charge is 0.454 e. The molecule has 2 bridgehead atoms. The number of ether oxygens (including phenoxy) is 2. The van der Waals surface area contributed by atoms with E-state index >= 15 is 0 Å². The van der Waals surface area contributed by atoms with Crippen LogP contribution in [-0.2, 0) is 9.47 Å². The van der Waals surface area contributed by atoms with Crippen LogP contribution in [0, 0.1) is 16.7 Å². The van der Waals surface area contributed by atoms with Crippen molar-refractivity contribution in [3.05, 3.63) is 71.8 Å². The summed E-state index contributed by atoms with van der Waals surface area (Å²) >= 11 is 0. The van der Waals surface area contributed by atoms with Gasteiger partial charge in [0.05, 0.1) is 11.1 Å². The van der Waals surface area contributed by atoms with Crippen molar-refractivity contribution in [2.24, 2.45) is 16.7 Å². The molecule has 0 heterocycles. The Morgan fingerprint density at radius 1 is 0.833 bits per heavy atom. The minimum Gasteiger partial charge on any atom is -0.454 e. The molecule has 0 saturated heterocycles. The van der Waals surface area contributed by atoms with E-state index in [-0.39, 0.29) is 22.8 Å². The molecular weight excluding hydrogens is 376 g/mol. The maximum Gasteiger partial charge on any atom is 0.338 e. The van der Waals surface area contributed by atoms with Gasteiger partial charge in [0.15, 0.2) is 0 Å². The molecule has 4 heteroatoms. The molecule has 0 aliphatic heterocycles. The van der Waals surface area contributed by atoms with Crippen LogP contribution in [0.1, 0.15) is 67.2 Å². The topological polar surface area (TPSA) is 52.6 Å². The summed E-state index contributed by atoms with van der Waals surface area (Å²) in [5.74, 6) is -0.391. The standard InChI is InChI=1S/C26H30O4/c1-18(2)26-16-10-15-25(3,17-26)21(29-23(27)19-11-6-4-7-12-19)22(26)30-24(28)20-13-8-5-9-14-20/h4-9,11-14,18,21-22H,10,15-17H2,1-3H3. The van der Waals surface area contributed by atoms with Crippen LogP contribution in [0.3, 0.4) is 0 Å². The predicted octanol–water partition coefficient (Wildman–Crippen LogP) is 5.67. The van der Waals surface area contributed by atoms with Gasteiger partial charge in [0.2, 0.25) is 0 Å². The number of hydrogen-bond donors (Lipinski definition) is 0. The minimum absolute atomic E-state index is 0.181. The molecular formula is C26H30O4. The van der Waals surface area contributed by atoms with Gasteiger partial charge in [-0.2, -0.15) is 0 Å². The molecule has 158 valence electrons. The fourth-order valence-electron chi connectivity index (χ4n) is 5.62. The molecule has 2 fully saturated rings. The van der Waals surface area contributed by atoms with Gasteiger partial charge >= 0.3 is 11.9 Å². The van der Waals surface area contributed by atoms with E-state index in [1.807, 2.05) is 36.4 Å². The van der Waals surface area contributed by atoms with Gasteiger partial charge in [0.25, 0.3) is 0 Å². The first kappa shape index (κ1) is 20.6. The van der Waals surface area contributed by atoms with E-state index in [0.29, 0.717) is 17.0 Å². The zero-order valence-corrected chi connectivity index (χ0v) is 18.0. The van der Waals surface area contributed by atoms with Gasteiger partial charge < -0.3 is 9.47 Å². The summed E-state index contributed by atoms with van der Waals surface area (Å²) in [6.45, 7) is 6.57. The van der Waals surface area contributed by atoms with Crippen molar-refractivity contribution in [2.75, 3.05) is 0 Å². The second-order valence-corrected chi connectivity index (χ2v) is 9.46. The van der Waals surface area contributed by atoms with Crippen molar-refractivity contribution in [1.82, 2.24) is 0 Å². The molecule has 0 amide bonds. The van der Waals surface area contributed by atoms with E-state index < -0.39 is 12.2 Å². The lowest BCUT2D eigenvalue weighted by molar-refractivity contribution is -0.0773. The summed E-state index contributed by atoms with van der Waals surface area (Å²) in [6, 6.07) is 18.1. The molecule has 30 heavy (non-hydrogen) atoms. The molecule has 0 radical (unpaired) electrons. The van der Waals surface area contributed by atoms with Crippen LogP contribution in [0.5, 0.6) is 0 Å². The van der Waals surface area contributed by atoms with Crippen molar-refractivity contribution in [1.29, 1.82) is 0 Å². The van der Waals surface area contributed by atoms with Gasteiger partial charge in [0, 0.05) is 10.8 Å². The van der Waals surface area contributed by atoms with Gasteiger partial charge in [-0.05, 0) is 49.4 Å². The van der Waals surface area contributed by atoms with Crippen molar-refractivity contribution in [3.63, 3.8) is 0 Å². The normalized spacial score (nSPS) is 30.1. The minimum atomic E-state index is -0.456. The fraction of sp³-hybridized carbons (Fsp3) is 0.462. The Bertz CT molecular complexity index is 907. The second-order valence-electron chi connectivity index (χ2n) is 9.46. The fourth-order valence-corrected chi connectivity index (χ4v) is 5.62. The van der Waals surface area contributed by atoms with E-state index in [1.165, 1.54) is 0 Å². The molecule has 0 N–H and O–H groups in total. The molecule has 0 spiro atoms. The third-order valence-electron chi connectivity index (χ3n) is 7.29. The highest BCUT2D eigenvalue weighted by atomic mass is 16.6. The van der Waals surface area contributed by atoms with Crippen LogP contribution in [0.25, 0.3) is 0 Å². The van der Waals surface area contributed by atoms with E-state index in [4.69, 9.17) is 9.47 Å². The quantitative estimate of drug-likeness (QED) is 0.600. The number of fused-ring (bicyclic) bond motifs is 2. The Morgan fingerprint density at radius 2 is 1.33 bits per heavy atom. The first-order chi connectivity index (χ1) is 14.4. The first-order valence-corrected chi connectivity index (χ1v) is 10.9. The number of rotatable bonds is 5. The van der Waals surface area contributed by atoms with E-state index in [1.54, 1.807) is 24.3 Å². The lowest BCUT2D eigenvalue weighted by Crippen LogP contribution is -2.45. The monoisotopic (exact) mass is 406 g/mol. The molecule has 2 aliphatic rings. The molecule has 4 atom stereocenters. The number of carbonyl (C=O) groups is 2. The molecule has 2 aromatic carbocycles. The van der Waals surface area contributed by atoms with E-state index in [2.05, 4.69) is 20.8 Å². The lowest BCUT2D eigenvalue weighted by Gasteiger charge is -2.41. The Balaban J connectivity index is 1.68. The third kappa shape index (κ3) is 3.53. The number of hydrogen-bond acceptors (Lipinski definition) is 4. The van der Waals surface area contributed by atoms with Gasteiger partial charge in [-0.3, -0.25) is 0 Å². The molecule has 4 rings (SSSR count). The first-order valence-electron chi connectivity index (χ1n) is 10.9. The summed E-state index contributed by atoms with van der Waals surface area (Å²) in [5.41, 5.74) is 0.665. The Hall–Kier alpha value is -2.62. The average Bonchev–Trinajstić information content (AvgIpc) is 2.92. The smallest absolute Gasteiger partial charge is 0.338 e. The van der Waals surface area contributed by atoms with E-state index in [9.17, 15) is 9.59 Å². The summed E-state index contributed by atoms with van der Waals surface area (Å²) in [6.07, 6.45) is 2.98. The maximum absolute atomic E-state index is 13.0. The molecule has 4 unspecified atom stereocenters. The zero-order chi connectivity index (χ0) is 21.4. The lowest BCUT2D eigenvalue weighted by atomic mass is 9.64. The maximum atomic E-state index is 13.0. The van der Waals surface area contributed by atoms with Crippen LogP contribution >= 0.6 is 0 Å². The molecule has 2 aromatic rings. The van der Waals surface area contributed by atoms with Crippen molar-refractivity contribution < 1.29 is 19.1 Å². The van der Waals surface area contributed by atoms with Crippen LogP contribution in [-0.4, -0.2) is 24.1 Å². The third-order valence-corrected chi connectivity index (χ3v) is 7.29. The highest BCUT2D eigenvalue weighted by molar-refractivity contribution is 5.90. The van der Waals surface area contributed by atoms with E-state index in [0.717, 1.165) is 25.7 Å². The van der Waals surface area contributed by atoms with Gasteiger partial charge in [-0.15, -0.1) is 0 Å². The molecule has 2 saturated carbocycles. The van der Waals surface area contributed by atoms with Gasteiger partial charge in [-0.1, -0.05) is 63.6 Å². The van der Waals surface area contributed by atoms with Crippen LogP contribution in [0.15, 0.2) is 60.7 Å². The summed E-state index contributed by atoms with van der Waals surface area (Å²) in [4.78, 5) is 25.9. The van der Waals surface area contributed by atoms with Gasteiger partial charge in [-0.25, -0.2) is 9.59 Å². The Morgan fingerprint density at radius 3 is 1.83 bits per heavy atom. The Labute approximate surface area is 178 Å². The number of esters is 2. The summed E-state index contributed by atoms with van der Waals surface area (Å²) < 4.78 is 12.3. The van der Waals surface area contributed by atoms with Crippen molar-refractivity contribution in [2.45, 2.75) is 58.7 Å². The van der Waals surface area contributed by atoms with Gasteiger partial charge in [0.1, 0.15) is 12.2 Å². The molecule has 2 aliphatic carbocycles. The average molecular weight is 407 g/mol. The highest BCUT2D eigenvalue weighted by Crippen LogP contribution is 2.63. The number of carbonyl (C=O) groups excluding carboxylic acids is 2. The Kier molecular flexibility index (Phi) is 5.44. The molecule has 0 aromatic heterocycles. The highest BCUT2D eigenvalue weighted by Gasteiger charge is 2.65. The van der Waals surface area contributed by atoms with Crippen LogP contribution < -0.4 is 0 Å².